The van der Waals surface area contributed by atoms with Gasteiger partial charge in [0.05, 0.1) is 0 Å². The van der Waals surface area contributed by atoms with E-state index in [1.807, 2.05) is 26.8 Å². The molecular weight excluding hydrogens is 296 g/mol. The van der Waals surface area contributed by atoms with Crippen LogP contribution in [0.4, 0.5) is 0 Å². The molecule has 1 aromatic rings. The number of halogens is 1. The van der Waals surface area contributed by atoms with Gasteiger partial charge < -0.3 is 11.1 Å². The molecule has 0 aromatic heterocycles. The number of aryl methyl sites for hydroxylation is 1. The molecule has 0 aliphatic carbocycles. The Morgan fingerprint density at radius 2 is 1.89 bits per heavy atom. The predicted molar refractivity (Wildman–Crippen MR) is 74.2 cm³/mol. The van der Waals surface area contributed by atoms with E-state index in [4.69, 9.17) is 5.73 Å². The molecule has 0 fully saturated rings. The molecule has 1 aromatic carbocycles. The Morgan fingerprint density at radius 1 is 1.28 bits per heavy atom. The van der Waals surface area contributed by atoms with Gasteiger partial charge in [0.1, 0.15) is 6.04 Å². The van der Waals surface area contributed by atoms with Gasteiger partial charge in [0.25, 0.3) is 5.91 Å². The number of rotatable bonds is 4. The fourth-order valence-corrected chi connectivity index (χ4v) is 2.27. The summed E-state index contributed by atoms with van der Waals surface area (Å²) in [6, 6.07) is 4.72. The van der Waals surface area contributed by atoms with Crippen LogP contribution in [0.2, 0.25) is 0 Å². The molecule has 0 aliphatic rings. The molecule has 1 unspecified atom stereocenters. The van der Waals surface area contributed by atoms with E-state index in [2.05, 4.69) is 21.2 Å². The van der Waals surface area contributed by atoms with E-state index in [0.717, 1.165) is 10.0 Å². The van der Waals surface area contributed by atoms with Gasteiger partial charge in [0, 0.05) is 10.0 Å². The van der Waals surface area contributed by atoms with E-state index in [-0.39, 0.29) is 11.8 Å². The first-order valence-corrected chi connectivity index (χ1v) is 6.48. The van der Waals surface area contributed by atoms with Gasteiger partial charge in [-0.15, -0.1) is 0 Å². The van der Waals surface area contributed by atoms with E-state index >= 15 is 0 Å². The molecule has 0 saturated heterocycles. The summed E-state index contributed by atoms with van der Waals surface area (Å²) in [7, 11) is 0. The number of hydrogen-bond acceptors (Lipinski definition) is 2. The molecule has 1 rings (SSSR count). The normalized spacial score (nSPS) is 12.3. The first-order chi connectivity index (χ1) is 8.31. The average Bonchev–Trinajstić information content (AvgIpc) is 2.23. The van der Waals surface area contributed by atoms with Crippen molar-refractivity contribution in [2.75, 3.05) is 0 Å². The standard InChI is InChI=1S/C13H17BrN2O2/c1-7(2)11(12(15)17)16-13(18)9-4-8(3)5-10(14)6-9/h4-7,11H,1-3H3,(H2,15,17)(H,16,18). The Balaban J connectivity index is 2.90. The van der Waals surface area contributed by atoms with E-state index in [0.29, 0.717) is 5.56 Å². The van der Waals surface area contributed by atoms with Crippen LogP contribution in [0.5, 0.6) is 0 Å². The molecule has 0 radical (unpaired) electrons. The van der Waals surface area contributed by atoms with Crippen molar-refractivity contribution in [2.45, 2.75) is 26.8 Å². The highest BCUT2D eigenvalue weighted by Gasteiger charge is 2.22. The van der Waals surface area contributed by atoms with Crippen molar-refractivity contribution in [2.24, 2.45) is 11.7 Å². The highest BCUT2D eigenvalue weighted by atomic mass is 79.9. The van der Waals surface area contributed by atoms with Gasteiger partial charge in [-0.05, 0) is 36.6 Å². The minimum atomic E-state index is -0.656. The van der Waals surface area contributed by atoms with Crippen molar-refractivity contribution in [1.82, 2.24) is 5.32 Å². The third-order valence-electron chi connectivity index (χ3n) is 2.56. The molecule has 5 heteroatoms. The molecule has 3 N–H and O–H groups in total. The number of carbonyl (C=O) groups excluding carboxylic acids is 2. The maximum atomic E-state index is 12.0. The molecule has 98 valence electrons. The first-order valence-electron chi connectivity index (χ1n) is 5.68. The van der Waals surface area contributed by atoms with Gasteiger partial charge in [0.2, 0.25) is 5.91 Å². The summed E-state index contributed by atoms with van der Waals surface area (Å²) < 4.78 is 0.827. The monoisotopic (exact) mass is 312 g/mol. The van der Waals surface area contributed by atoms with E-state index < -0.39 is 11.9 Å². The third-order valence-corrected chi connectivity index (χ3v) is 3.02. The third kappa shape index (κ3) is 3.84. The van der Waals surface area contributed by atoms with Crippen LogP contribution in [0.3, 0.4) is 0 Å². The number of nitrogens with one attached hydrogen (secondary N) is 1. The lowest BCUT2D eigenvalue weighted by molar-refractivity contribution is -0.120. The molecule has 1 atom stereocenters. The number of nitrogens with two attached hydrogens (primary N) is 1. The van der Waals surface area contributed by atoms with Crippen LogP contribution in [0, 0.1) is 12.8 Å². The quantitative estimate of drug-likeness (QED) is 0.892. The second-order valence-electron chi connectivity index (χ2n) is 4.61. The van der Waals surface area contributed by atoms with E-state index in [9.17, 15) is 9.59 Å². The Hall–Kier alpha value is -1.36. The lowest BCUT2D eigenvalue weighted by Gasteiger charge is -2.19. The van der Waals surface area contributed by atoms with Crippen LogP contribution in [0.15, 0.2) is 22.7 Å². The largest absolute Gasteiger partial charge is 0.368 e. The molecule has 4 nitrogen and oxygen atoms in total. The minimum Gasteiger partial charge on any atom is -0.368 e. The SMILES string of the molecule is Cc1cc(Br)cc(C(=O)NC(C(N)=O)C(C)C)c1. The van der Waals surface area contributed by atoms with Gasteiger partial charge in [0.15, 0.2) is 0 Å². The van der Waals surface area contributed by atoms with Crippen molar-refractivity contribution < 1.29 is 9.59 Å². The van der Waals surface area contributed by atoms with Crippen molar-refractivity contribution >= 4 is 27.7 Å². The van der Waals surface area contributed by atoms with Crippen molar-refractivity contribution in [1.29, 1.82) is 0 Å². The van der Waals surface area contributed by atoms with Crippen molar-refractivity contribution in [3.05, 3.63) is 33.8 Å². The molecule has 18 heavy (non-hydrogen) atoms. The lowest BCUT2D eigenvalue weighted by atomic mass is 10.0. The number of carbonyl (C=O) groups is 2. The van der Waals surface area contributed by atoms with E-state index in [1.165, 1.54) is 0 Å². The number of hydrogen-bond donors (Lipinski definition) is 2. The smallest absolute Gasteiger partial charge is 0.251 e. The molecule has 0 bridgehead atoms. The molecule has 0 saturated carbocycles. The summed E-state index contributed by atoms with van der Waals surface area (Å²) in [4.78, 5) is 23.3. The summed E-state index contributed by atoms with van der Waals surface area (Å²) in [5.41, 5.74) is 6.74. The number of primary amides is 1. The van der Waals surface area contributed by atoms with Gasteiger partial charge in [-0.2, -0.15) is 0 Å². The summed E-state index contributed by atoms with van der Waals surface area (Å²) in [6.07, 6.45) is 0. The average molecular weight is 313 g/mol. The fraction of sp³-hybridized carbons (Fsp3) is 0.385. The number of amides is 2. The molecular formula is C13H17BrN2O2. The number of benzene rings is 1. The Labute approximate surface area is 115 Å². The van der Waals surface area contributed by atoms with Crippen LogP contribution in [0.1, 0.15) is 29.8 Å². The second kappa shape index (κ2) is 6.00. The van der Waals surface area contributed by atoms with Gasteiger partial charge in [-0.25, -0.2) is 0 Å². The topological polar surface area (TPSA) is 72.2 Å². The van der Waals surface area contributed by atoms with E-state index in [1.54, 1.807) is 12.1 Å². The van der Waals surface area contributed by atoms with Gasteiger partial charge >= 0.3 is 0 Å². The zero-order chi connectivity index (χ0) is 13.9. The van der Waals surface area contributed by atoms with Crippen LogP contribution >= 0.6 is 15.9 Å². The minimum absolute atomic E-state index is 0.0419. The Morgan fingerprint density at radius 3 is 2.33 bits per heavy atom. The maximum absolute atomic E-state index is 12.0. The van der Waals surface area contributed by atoms with Crippen molar-refractivity contribution in [3.63, 3.8) is 0 Å². The zero-order valence-corrected chi connectivity index (χ0v) is 12.2. The first kappa shape index (κ1) is 14.7. The summed E-state index contributed by atoms with van der Waals surface area (Å²) in [5, 5.41) is 2.65. The highest BCUT2D eigenvalue weighted by Crippen LogP contribution is 2.15. The van der Waals surface area contributed by atoms with Crippen LogP contribution in [-0.2, 0) is 4.79 Å². The molecule has 0 aliphatic heterocycles. The highest BCUT2D eigenvalue weighted by molar-refractivity contribution is 9.10. The van der Waals surface area contributed by atoms with Crippen LogP contribution in [0.25, 0.3) is 0 Å². The van der Waals surface area contributed by atoms with Gasteiger partial charge in [-0.1, -0.05) is 29.8 Å². The summed E-state index contributed by atoms with van der Waals surface area (Å²) >= 11 is 3.33. The lowest BCUT2D eigenvalue weighted by Crippen LogP contribution is -2.47. The Bertz CT molecular complexity index is 452. The fourth-order valence-electron chi connectivity index (χ4n) is 1.66. The van der Waals surface area contributed by atoms with Crippen LogP contribution in [-0.4, -0.2) is 17.9 Å². The summed E-state index contributed by atoms with van der Waals surface area (Å²) in [6.45, 7) is 5.57. The maximum Gasteiger partial charge on any atom is 0.251 e. The zero-order valence-electron chi connectivity index (χ0n) is 10.7. The second-order valence-corrected chi connectivity index (χ2v) is 5.53. The van der Waals surface area contributed by atoms with Crippen LogP contribution < -0.4 is 11.1 Å². The molecule has 0 spiro atoms. The predicted octanol–water partition coefficient (Wildman–Crippen LogP) is 2.00. The molecule has 0 heterocycles. The van der Waals surface area contributed by atoms with Crippen molar-refractivity contribution in [3.8, 4) is 0 Å². The summed E-state index contributed by atoms with van der Waals surface area (Å²) in [5.74, 6) is -0.860. The molecule has 2 amide bonds. The Kier molecular flexibility index (Phi) is 4.90. The van der Waals surface area contributed by atoms with Gasteiger partial charge in [-0.3, -0.25) is 9.59 Å².